The van der Waals surface area contributed by atoms with Crippen molar-refractivity contribution >= 4 is 43.5 Å². The third kappa shape index (κ3) is 6.51. The van der Waals surface area contributed by atoms with E-state index in [0.29, 0.717) is 17.5 Å². The molecule has 9 aromatic carbocycles. The molecule has 0 saturated heterocycles. The molecule has 0 spiro atoms. The number of benzene rings is 9. The number of rotatable bonds is 7. The van der Waals surface area contributed by atoms with Crippen LogP contribution in [0.15, 0.2) is 224 Å². The quantitative estimate of drug-likeness (QED) is 0.151. The van der Waals surface area contributed by atoms with Gasteiger partial charge in [-0.25, -0.2) is 19.9 Å². The first-order valence-corrected chi connectivity index (χ1v) is 21.2. The van der Waals surface area contributed by atoms with E-state index in [0.717, 1.165) is 77.6 Å². The van der Waals surface area contributed by atoms with E-state index in [-0.39, 0.29) is 0 Å². The molecule has 0 aliphatic heterocycles. The van der Waals surface area contributed by atoms with Crippen LogP contribution >= 0.6 is 0 Å². The highest BCUT2D eigenvalue weighted by atomic mass is 15.0. The molecular weight excluding hydrogens is 767 g/mol. The molecule has 0 aliphatic carbocycles. The Bertz CT molecular complexity index is 3570. The van der Waals surface area contributed by atoms with Crippen molar-refractivity contribution in [3.05, 3.63) is 224 Å². The molecule has 0 radical (unpaired) electrons. The molecule has 12 rings (SSSR count). The summed E-state index contributed by atoms with van der Waals surface area (Å²) in [6.45, 7) is 0. The Morgan fingerprint density at radius 2 is 0.698 bits per heavy atom. The zero-order chi connectivity index (χ0) is 41.7. The summed E-state index contributed by atoms with van der Waals surface area (Å²) in [6.07, 6.45) is 0. The van der Waals surface area contributed by atoms with Crippen LogP contribution in [0, 0.1) is 0 Å². The first-order valence-electron chi connectivity index (χ1n) is 21.2. The molecule has 0 amide bonds. The number of fused-ring (bicyclic) bond motifs is 6. The van der Waals surface area contributed by atoms with Crippen LogP contribution in [0.5, 0.6) is 0 Å². The molecule has 0 saturated carbocycles. The minimum Gasteiger partial charge on any atom is -0.309 e. The van der Waals surface area contributed by atoms with E-state index in [1.165, 1.54) is 21.7 Å². The van der Waals surface area contributed by atoms with Crippen molar-refractivity contribution in [2.24, 2.45) is 0 Å². The SMILES string of the molecule is c1ccc(-c2nc(-c3ccccc3)nc(-c3ccc(-c4ccc(-c5ccc6c(c5)c5cc7c(cc5n6-c5ccccc5)c(-c5ccccc5)nc5ccccc57)cc4)cc3)n2)cc1. The van der Waals surface area contributed by atoms with E-state index in [9.17, 15) is 0 Å². The van der Waals surface area contributed by atoms with E-state index >= 15 is 0 Å². The largest absolute Gasteiger partial charge is 0.309 e. The number of nitrogens with zero attached hydrogens (tertiary/aromatic N) is 5. The molecule has 0 N–H and O–H groups in total. The lowest BCUT2D eigenvalue weighted by atomic mass is 9.96. The fourth-order valence-corrected chi connectivity index (χ4v) is 8.92. The van der Waals surface area contributed by atoms with Gasteiger partial charge in [0.15, 0.2) is 17.5 Å². The second-order valence-corrected chi connectivity index (χ2v) is 15.9. The first-order chi connectivity index (χ1) is 31.2. The van der Waals surface area contributed by atoms with Gasteiger partial charge in [0.2, 0.25) is 0 Å². The number of para-hydroxylation sites is 2. The van der Waals surface area contributed by atoms with Crippen molar-refractivity contribution in [3.63, 3.8) is 0 Å². The van der Waals surface area contributed by atoms with Gasteiger partial charge in [-0.1, -0.05) is 182 Å². The zero-order valence-corrected chi connectivity index (χ0v) is 34.1. The predicted molar refractivity (Wildman–Crippen MR) is 260 cm³/mol. The van der Waals surface area contributed by atoms with Crippen LogP contribution in [-0.4, -0.2) is 24.5 Å². The van der Waals surface area contributed by atoms with Gasteiger partial charge in [0.1, 0.15) is 0 Å². The molecule has 63 heavy (non-hydrogen) atoms. The Labute approximate surface area is 364 Å². The molecule has 3 aromatic heterocycles. The minimum absolute atomic E-state index is 0.642. The molecule has 12 aromatic rings. The molecule has 0 unspecified atom stereocenters. The van der Waals surface area contributed by atoms with Gasteiger partial charge in [0, 0.05) is 49.5 Å². The number of pyridine rings is 1. The highest BCUT2D eigenvalue weighted by molar-refractivity contribution is 6.20. The number of aromatic nitrogens is 5. The summed E-state index contributed by atoms with van der Waals surface area (Å²) < 4.78 is 2.40. The maximum Gasteiger partial charge on any atom is 0.164 e. The average molecular weight is 804 g/mol. The van der Waals surface area contributed by atoms with Crippen molar-refractivity contribution in [3.8, 4) is 73.4 Å². The second kappa shape index (κ2) is 15.2. The van der Waals surface area contributed by atoms with Crippen molar-refractivity contribution in [1.29, 1.82) is 0 Å². The third-order valence-corrected chi connectivity index (χ3v) is 12.0. The Balaban J connectivity index is 0.933. The van der Waals surface area contributed by atoms with Crippen molar-refractivity contribution in [2.75, 3.05) is 0 Å². The van der Waals surface area contributed by atoms with Gasteiger partial charge in [-0.2, -0.15) is 0 Å². The molecule has 3 heterocycles. The van der Waals surface area contributed by atoms with E-state index in [1.807, 2.05) is 60.7 Å². The average Bonchev–Trinajstić information content (AvgIpc) is 3.69. The zero-order valence-electron chi connectivity index (χ0n) is 34.1. The lowest BCUT2D eigenvalue weighted by molar-refractivity contribution is 1.07. The molecule has 0 atom stereocenters. The molecule has 0 aliphatic rings. The van der Waals surface area contributed by atoms with Crippen LogP contribution in [-0.2, 0) is 0 Å². The monoisotopic (exact) mass is 803 g/mol. The summed E-state index contributed by atoms with van der Waals surface area (Å²) in [5.74, 6) is 1.94. The Morgan fingerprint density at radius 1 is 0.254 bits per heavy atom. The van der Waals surface area contributed by atoms with Crippen molar-refractivity contribution in [1.82, 2.24) is 24.5 Å². The third-order valence-electron chi connectivity index (χ3n) is 12.0. The van der Waals surface area contributed by atoms with Gasteiger partial charge in [0.05, 0.1) is 22.2 Å². The fourth-order valence-electron chi connectivity index (χ4n) is 8.92. The van der Waals surface area contributed by atoms with Crippen LogP contribution in [0.3, 0.4) is 0 Å². The van der Waals surface area contributed by atoms with E-state index < -0.39 is 0 Å². The standard InChI is InChI=1S/C58H37N5/c1-5-15-41(16-6-1)55-51-37-54-50(36-48(51)47-23-13-14-24-52(47)59-55)49-35-45(33-34-53(49)63(54)46-21-11-4-12-22-46)40-27-25-38(26-28-40)39-29-31-44(32-30-39)58-61-56(42-17-7-2-8-18-42)60-57(62-58)43-19-9-3-10-20-43/h1-37H. The maximum absolute atomic E-state index is 5.25. The predicted octanol–water partition coefficient (Wildman–Crippen LogP) is 14.7. The van der Waals surface area contributed by atoms with E-state index in [4.69, 9.17) is 19.9 Å². The smallest absolute Gasteiger partial charge is 0.164 e. The molecule has 0 fully saturated rings. The molecule has 294 valence electrons. The maximum atomic E-state index is 5.25. The summed E-state index contributed by atoms with van der Waals surface area (Å²) in [5.41, 5.74) is 13.9. The second-order valence-electron chi connectivity index (χ2n) is 15.9. The van der Waals surface area contributed by atoms with Crippen LogP contribution in [0.4, 0.5) is 0 Å². The van der Waals surface area contributed by atoms with Crippen LogP contribution in [0.1, 0.15) is 0 Å². The topological polar surface area (TPSA) is 56.5 Å². The van der Waals surface area contributed by atoms with Crippen LogP contribution < -0.4 is 0 Å². The van der Waals surface area contributed by atoms with E-state index in [1.54, 1.807) is 0 Å². The normalized spacial score (nSPS) is 11.5. The summed E-state index contributed by atoms with van der Waals surface area (Å²) >= 11 is 0. The number of hydrogen-bond acceptors (Lipinski definition) is 4. The summed E-state index contributed by atoms with van der Waals surface area (Å²) in [4.78, 5) is 20.0. The van der Waals surface area contributed by atoms with Crippen molar-refractivity contribution < 1.29 is 0 Å². The Hall–Kier alpha value is -8.54. The summed E-state index contributed by atoms with van der Waals surface area (Å²) in [7, 11) is 0. The Morgan fingerprint density at radius 3 is 1.29 bits per heavy atom. The van der Waals surface area contributed by atoms with Gasteiger partial charge in [-0.3, -0.25) is 0 Å². The van der Waals surface area contributed by atoms with Crippen molar-refractivity contribution in [2.45, 2.75) is 0 Å². The van der Waals surface area contributed by atoms with Crippen LogP contribution in [0.2, 0.25) is 0 Å². The summed E-state index contributed by atoms with van der Waals surface area (Å²) in [6, 6.07) is 78.9. The first kappa shape index (κ1) is 36.3. The summed E-state index contributed by atoms with van der Waals surface area (Å²) in [5, 5.41) is 5.90. The minimum atomic E-state index is 0.642. The fraction of sp³-hybridized carbons (Fsp3) is 0. The van der Waals surface area contributed by atoms with Gasteiger partial charge in [-0.05, 0) is 70.1 Å². The van der Waals surface area contributed by atoms with Gasteiger partial charge in [-0.15, -0.1) is 0 Å². The number of hydrogen-bond donors (Lipinski definition) is 0. The highest BCUT2D eigenvalue weighted by Crippen LogP contribution is 2.41. The molecule has 5 heteroatoms. The van der Waals surface area contributed by atoms with Gasteiger partial charge < -0.3 is 4.57 Å². The highest BCUT2D eigenvalue weighted by Gasteiger charge is 2.19. The van der Waals surface area contributed by atoms with Crippen LogP contribution in [0.25, 0.3) is 117 Å². The lowest BCUT2D eigenvalue weighted by Crippen LogP contribution is -2.00. The Kier molecular flexibility index (Phi) is 8.75. The molecular formula is C58H37N5. The molecule has 5 nitrogen and oxygen atoms in total. The van der Waals surface area contributed by atoms with Gasteiger partial charge >= 0.3 is 0 Å². The van der Waals surface area contributed by atoms with E-state index in [2.05, 4.69) is 168 Å². The van der Waals surface area contributed by atoms with Gasteiger partial charge in [0.25, 0.3) is 0 Å². The molecule has 0 bridgehead atoms. The lowest BCUT2D eigenvalue weighted by Gasteiger charge is -2.12.